The molecule has 20 heavy (non-hydrogen) atoms. The SMILES string of the molecule is COc1ccc(CC(Br)c2ccc3c(c2)COC3)cc1. The van der Waals surface area contributed by atoms with Gasteiger partial charge in [-0.2, -0.15) is 0 Å². The van der Waals surface area contributed by atoms with Gasteiger partial charge in [-0.05, 0) is 40.8 Å². The van der Waals surface area contributed by atoms with Crippen LogP contribution in [0.2, 0.25) is 0 Å². The van der Waals surface area contributed by atoms with Gasteiger partial charge in [-0.15, -0.1) is 0 Å². The van der Waals surface area contributed by atoms with Crippen LogP contribution in [0.3, 0.4) is 0 Å². The third kappa shape index (κ3) is 2.89. The minimum atomic E-state index is 0.321. The molecule has 2 nitrogen and oxygen atoms in total. The molecule has 104 valence electrons. The van der Waals surface area contributed by atoms with Gasteiger partial charge in [0, 0.05) is 4.83 Å². The van der Waals surface area contributed by atoms with Gasteiger partial charge >= 0.3 is 0 Å². The topological polar surface area (TPSA) is 18.5 Å². The summed E-state index contributed by atoms with van der Waals surface area (Å²) >= 11 is 3.79. The zero-order valence-corrected chi connectivity index (χ0v) is 13.0. The van der Waals surface area contributed by atoms with Gasteiger partial charge < -0.3 is 9.47 Å². The van der Waals surface area contributed by atoms with E-state index in [1.807, 2.05) is 12.1 Å². The van der Waals surface area contributed by atoms with Crippen molar-refractivity contribution in [2.45, 2.75) is 24.5 Å². The summed E-state index contributed by atoms with van der Waals surface area (Å²) in [5, 5.41) is 0. The highest BCUT2D eigenvalue weighted by Crippen LogP contribution is 2.31. The highest BCUT2D eigenvalue weighted by molar-refractivity contribution is 9.09. The number of fused-ring (bicyclic) bond motifs is 1. The number of rotatable bonds is 4. The maximum absolute atomic E-state index is 5.46. The first-order chi connectivity index (χ1) is 9.76. The lowest BCUT2D eigenvalue weighted by atomic mass is 10.0. The Bertz CT molecular complexity index is 592. The van der Waals surface area contributed by atoms with E-state index in [9.17, 15) is 0 Å². The number of hydrogen-bond acceptors (Lipinski definition) is 2. The first-order valence-corrected chi connectivity index (χ1v) is 7.64. The van der Waals surface area contributed by atoms with Crippen LogP contribution in [-0.2, 0) is 24.4 Å². The molecule has 2 aromatic carbocycles. The Labute approximate surface area is 127 Å². The van der Waals surface area contributed by atoms with Crippen LogP contribution < -0.4 is 4.74 Å². The number of ether oxygens (including phenoxy) is 2. The molecule has 0 aromatic heterocycles. The van der Waals surface area contributed by atoms with Crippen LogP contribution in [-0.4, -0.2) is 7.11 Å². The monoisotopic (exact) mass is 332 g/mol. The quantitative estimate of drug-likeness (QED) is 0.772. The minimum absolute atomic E-state index is 0.321. The molecule has 1 aliphatic heterocycles. The summed E-state index contributed by atoms with van der Waals surface area (Å²) in [7, 11) is 1.69. The molecule has 1 unspecified atom stereocenters. The molecule has 0 amide bonds. The van der Waals surface area contributed by atoms with Crippen LogP contribution in [0.25, 0.3) is 0 Å². The smallest absolute Gasteiger partial charge is 0.118 e. The summed E-state index contributed by atoms with van der Waals surface area (Å²) in [6.07, 6.45) is 0.962. The van der Waals surface area contributed by atoms with Gasteiger partial charge in [0.2, 0.25) is 0 Å². The van der Waals surface area contributed by atoms with Gasteiger partial charge in [0.1, 0.15) is 5.75 Å². The first-order valence-electron chi connectivity index (χ1n) is 6.72. The minimum Gasteiger partial charge on any atom is -0.497 e. The van der Waals surface area contributed by atoms with Gasteiger partial charge in [0.25, 0.3) is 0 Å². The Kier molecular flexibility index (Phi) is 4.08. The molecule has 3 rings (SSSR count). The van der Waals surface area contributed by atoms with E-state index in [1.165, 1.54) is 22.3 Å². The van der Waals surface area contributed by atoms with Crippen molar-refractivity contribution < 1.29 is 9.47 Å². The Morgan fingerprint density at radius 1 is 1.10 bits per heavy atom. The fourth-order valence-electron chi connectivity index (χ4n) is 2.47. The van der Waals surface area contributed by atoms with Crippen molar-refractivity contribution >= 4 is 15.9 Å². The van der Waals surface area contributed by atoms with E-state index >= 15 is 0 Å². The molecule has 1 aliphatic rings. The maximum atomic E-state index is 5.46. The normalized spacial score (nSPS) is 14.9. The van der Waals surface area contributed by atoms with Gasteiger partial charge in [-0.1, -0.05) is 46.3 Å². The van der Waals surface area contributed by atoms with Crippen molar-refractivity contribution in [2.24, 2.45) is 0 Å². The number of methoxy groups -OCH3 is 1. The van der Waals surface area contributed by atoms with E-state index in [4.69, 9.17) is 9.47 Å². The summed E-state index contributed by atoms with van der Waals surface area (Å²) < 4.78 is 10.6. The van der Waals surface area contributed by atoms with E-state index < -0.39 is 0 Å². The molecule has 0 bridgehead atoms. The Hall–Kier alpha value is -1.32. The van der Waals surface area contributed by atoms with Crippen molar-refractivity contribution in [3.05, 3.63) is 64.7 Å². The third-order valence-corrected chi connectivity index (χ3v) is 4.53. The zero-order chi connectivity index (χ0) is 13.9. The summed E-state index contributed by atoms with van der Waals surface area (Å²) in [6.45, 7) is 1.49. The van der Waals surface area contributed by atoms with Crippen LogP contribution >= 0.6 is 15.9 Å². The molecule has 0 aliphatic carbocycles. The number of hydrogen-bond donors (Lipinski definition) is 0. The molecule has 0 saturated carbocycles. The molecular weight excluding hydrogens is 316 g/mol. The highest BCUT2D eigenvalue weighted by atomic mass is 79.9. The lowest BCUT2D eigenvalue weighted by Crippen LogP contribution is -1.97. The second-order valence-electron chi connectivity index (χ2n) is 5.04. The van der Waals surface area contributed by atoms with Gasteiger partial charge in [0.05, 0.1) is 20.3 Å². The zero-order valence-electron chi connectivity index (χ0n) is 11.4. The van der Waals surface area contributed by atoms with Crippen molar-refractivity contribution in [1.82, 2.24) is 0 Å². The number of alkyl halides is 1. The third-order valence-electron chi connectivity index (χ3n) is 3.68. The molecule has 0 radical (unpaired) electrons. The molecule has 3 heteroatoms. The van der Waals surface area contributed by atoms with Crippen LogP contribution in [0.15, 0.2) is 42.5 Å². The van der Waals surface area contributed by atoms with Crippen molar-refractivity contribution in [1.29, 1.82) is 0 Å². The lowest BCUT2D eigenvalue weighted by Gasteiger charge is -2.12. The molecule has 0 saturated heterocycles. The Morgan fingerprint density at radius 2 is 1.85 bits per heavy atom. The van der Waals surface area contributed by atoms with Gasteiger partial charge in [-0.3, -0.25) is 0 Å². The molecule has 2 aromatic rings. The molecule has 1 heterocycles. The molecular formula is C17H17BrO2. The van der Waals surface area contributed by atoms with E-state index in [0.717, 1.165) is 25.4 Å². The van der Waals surface area contributed by atoms with E-state index in [-0.39, 0.29) is 0 Å². The van der Waals surface area contributed by atoms with Crippen molar-refractivity contribution in [3.8, 4) is 5.75 Å². The van der Waals surface area contributed by atoms with Crippen LogP contribution in [0.1, 0.15) is 27.1 Å². The van der Waals surface area contributed by atoms with Gasteiger partial charge in [-0.25, -0.2) is 0 Å². The number of benzene rings is 2. The maximum Gasteiger partial charge on any atom is 0.118 e. The second-order valence-corrected chi connectivity index (χ2v) is 6.15. The Balaban J connectivity index is 1.73. The molecule has 0 fully saturated rings. The standard InChI is InChI=1S/C17H17BrO2/c1-19-16-6-2-12(3-7-16)8-17(18)13-4-5-14-10-20-11-15(14)9-13/h2-7,9,17H,8,10-11H2,1H3. The van der Waals surface area contributed by atoms with E-state index in [1.54, 1.807) is 7.11 Å². The van der Waals surface area contributed by atoms with Crippen LogP contribution in [0, 0.1) is 0 Å². The summed E-state index contributed by atoms with van der Waals surface area (Å²) in [5.41, 5.74) is 5.24. The van der Waals surface area contributed by atoms with Gasteiger partial charge in [0.15, 0.2) is 0 Å². The predicted molar refractivity (Wildman–Crippen MR) is 83.3 cm³/mol. The average molecular weight is 333 g/mol. The predicted octanol–water partition coefficient (Wildman–Crippen LogP) is 4.40. The van der Waals surface area contributed by atoms with Crippen LogP contribution in [0.5, 0.6) is 5.75 Å². The average Bonchev–Trinajstić information content (AvgIpc) is 2.95. The largest absolute Gasteiger partial charge is 0.497 e. The van der Waals surface area contributed by atoms with Crippen LogP contribution in [0.4, 0.5) is 0 Å². The van der Waals surface area contributed by atoms with E-state index in [2.05, 4.69) is 46.3 Å². The highest BCUT2D eigenvalue weighted by Gasteiger charge is 2.15. The van der Waals surface area contributed by atoms with Crippen molar-refractivity contribution in [3.63, 3.8) is 0 Å². The molecule has 1 atom stereocenters. The lowest BCUT2D eigenvalue weighted by molar-refractivity contribution is 0.134. The van der Waals surface area contributed by atoms with E-state index in [0.29, 0.717) is 4.83 Å². The summed E-state index contributed by atoms with van der Waals surface area (Å²) in [4.78, 5) is 0.321. The van der Waals surface area contributed by atoms with Crippen molar-refractivity contribution in [2.75, 3.05) is 7.11 Å². The molecule has 0 N–H and O–H groups in total. The fraction of sp³-hybridized carbons (Fsp3) is 0.294. The second kappa shape index (κ2) is 5.98. The fourth-order valence-corrected chi connectivity index (χ4v) is 3.13. The Morgan fingerprint density at radius 3 is 2.60 bits per heavy atom. The number of halogens is 1. The summed E-state index contributed by atoms with van der Waals surface area (Å²) in [6, 6.07) is 14.9. The summed E-state index contributed by atoms with van der Waals surface area (Å²) in [5.74, 6) is 0.898. The first kappa shape index (κ1) is 13.7. The molecule has 0 spiro atoms.